The van der Waals surface area contributed by atoms with Crippen molar-refractivity contribution in [2.24, 2.45) is 0 Å². The maximum absolute atomic E-state index is 13.0. The molecule has 0 rings (SSSR count). The Balaban J connectivity index is 4.45. The average Bonchev–Trinajstić information content (AvgIpc) is 3.49. The number of unbranched alkanes of at least 4 members (excludes halogenated alkanes) is 26. The summed E-state index contributed by atoms with van der Waals surface area (Å²) in [5.41, 5.74) is 0. The van der Waals surface area contributed by atoms with E-state index in [0.717, 1.165) is 128 Å². The first kappa shape index (κ1) is 78.3. The lowest BCUT2D eigenvalue weighted by atomic mass is 10.0. The quantitative estimate of drug-likeness (QED) is 0.0261. The van der Waals surface area contributed by atoms with Crippen LogP contribution < -0.4 is 0 Å². The normalized spacial score (nSPS) is 13.0. The molecule has 0 radical (unpaired) electrons. The fourth-order valence-electron chi connectivity index (χ4n) is 9.23. The summed E-state index contributed by atoms with van der Waals surface area (Å²) < 4.78 is 16.9. The molecular formula is C77H126O6. The van der Waals surface area contributed by atoms with Crippen LogP contribution in [0, 0.1) is 0 Å². The van der Waals surface area contributed by atoms with Gasteiger partial charge in [0.25, 0.3) is 0 Å². The number of rotatable bonds is 61. The van der Waals surface area contributed by atoms with E-state index in [9.17, 15) is 14.4 Å². The Hall–Kier alpha value is -4.71. The zero-order valence-corrected chi connectivity index (χ0v) is 53.9. The number of carbonyl (C=O) groups is 3. The highest BCUT2D eigenvalue weighted by molar-refractivity contribution is 5.71. The molecule has 6 nitrogen and oxygen atoms in total. The number of carbonyl (C=O) groups excluding carboxylic acids is 3. The number of hydrogen-bond donors (Lipinski definition) is 0. The standard InChI is InChI=1S/C77H126O6/c1-4-7-10-13-16-19-22-25-28-30-32-34-36-38-40-42-44-46-49-52-55-58-61-64-67-70-76(79)82-73-74(72-81-75(78)69-66-63-60-57-54-51-48-27-24-21-18-15-12-9-6-3)83-77(80)71-68-65-62-59-56-53-50-47-45-43-41-39-37-35-33-31-29-26-23-20-17-14-11-8-5-2/h7,9-10,12,16,18-19,21,25,27-28,31-34,38,40,44,46,48,52,54-55,57,74H,4-6,8,11,13-15,17,20,22-24,26,29-30,35-37,39,41-43,45,47,49-51,53,56,58-73H2,1-3H3/b10-7-,12-9-,19-16-,21-18-,28-25-,33-31-,34-32-,40-38-,46-44-,48-27-,55-52-,57-54-. The molecule has 0 spiro atoms. The molecule has 83 heavy (non-hydrogen) atoms. The van der Waals surface area contributed by atoms with Crippen LogP contribution in [0.2, 0.25) is 0 Å². The number of allylic oxidation sites excluding steroid dienone is 24. The Kier molecular flexibility index (Phi) is 65.8. The van der Waals surface area contributed by atoms with Gasteiger partial charge in [0.05, 0.1) is 0 Å². The van der Waals surface area contributed by atoms with E-state index in [1.807, 2.05) is 0 Å². The predicted molar refractivity (Wildman–Crippen MR) is 362 cm³/mol. The van der Waals surface area contributed by atoms with Gasteiger partial charge in [0.15, 0.2) is 6.10 Å². The SMILES string of the molecule is CC/C=C\C/C=C\C/C=C\C/C=C\C/C=C\C/C=C\C/C=C\CCCCCC(=O)OCC(COC(=O)CCCC/C=C\C/C=C\C/C=C\C/C=C\CC)OC(=O)CCCCCCCCCCCCCCC/C=C\CCCCCCCCCC. The first-order chi connectivity index (χ1) is 41.0. The zero-order valence-electron chi connectivity index (χ0n) is 53.9. The van der Waals surface area contributed by atoms with Crippen LogP contribution in [0.25, 0.3) is 0 Å². The number of ether oxygens (including phenoxy) is 3. The van der Waals surface area contributed by atoms with Crippen molar-refractivity contribution in [2.45, 2.75) is 309 Å². The minimum Gasteiger partial charge on any atom is -0.462 e. The smallest absolute Gasteiger partial charge is 0.306 e. The predicted octanol–water partition coefficient (Wildman–Crippen LogP) is 23.9. The third-order valence-corrected chi connectivity index (χ3v) is 14.3. The van der Waals surface area contributed by atoms with E-state index in [0.29, 0.717) is 25.7 Å². The molecule has 0 saturated carbocycles. The number of esters is 3. The van der Waals surface area contributed by atoms with Crippen LogP contribution in [0.15, 0.2) is 146 Å². The summed E-state index contributed by atoms with van der Waals surface area (Å²) in [6, 6.07) is 0. The van der Waals surface area contributed by atoms with Gasteiger partial charge in [0.2, 0.25) is 0 Å². The van der Waals surface area contributed by atoms with Crippen molar-refractivity contribution in [3.05, 3.63) is 146 Å². The minimum atomic E-state index is -0.817. The summed E-state index contributed by atoms with van der Waals surface area (Å²) in [6.45, 7) is 6.36. The largest absolute Gasteiger partial charge is 0.462 e. The maximum Gasteiger partial charge on any atom is 0.306 e. The highest BCUT2D eigenvalue weighted by Gasteiger charge is 2.19. The molecule has 0 saturated heterocycles. The van der Waals surface area contributed by atoms with E-state index in [4.69, 9.17) is 14.2 Å². The Bertz CT molecular complexity index is 1800. The molecular weight excluding hydrogens is 1020 g/mol. The van der Waals surface area contributed by atoms with Gasteiger partial charge in [-0.1, -0.05) is 289 Å². The van der Waals surface area contributed by atoms with E-state index < -0.39 is 6.10 Å². The Labute approximate surface area is 512 Å². The molecule has 470 valence electrons. The van der Waals surface area contributed by atoms with Crippen molar-refractivity contribution in [1.29, 1.82) is 0 Å². The van der Waals surface area contributed by atoms with Crippen molar-refractivity contribution in [2.75, 3.05) is 13.2 Å². The molecule has 0 aliphatic carbocycles. The molecule has 0 aromatic heterocycles. The van der Waals surface area contributed by atoms with Crippen LogP contribution in [-0.4, -0.2) is 37.2 Å². The second-order valence-electron chi connectivity index (χ2n) is 22.3. The van der Waals surface area contributed by atoms with E-state index >= 15 is 0 Å². The van der Waals surface area contributed by atoms with Gasteiger partial charge in [-0.05, 0) is 141 Å². The monoisotopic (exact) mass is 1150 g/mol. The third kappa shape index (κ3) is 68.0. The first-order valence-electron chi connectivity index (χ1n) is 34.3. The van der Waals surface area contributed by atoms with Gasteiger partial charge in [-0.3, -0.25) is 14.4 Å². The van der Waals surface area contributed by atoms with Crippen molar-refractivity contribution >= 4 is 17.9 Å². The zero-order chi connectivity index (χ0) is 59.9. The van der Waals surface area contributed by atoms with Crippen LogP contribution in [0.3, 0.4) is 0 Å². The van der Waals surface area contributed by atoms with Crippen LogP contribution in [0.4, 0.5) is 0 Å². The molecule has 0 N–H and O–H groups in total. The van der Waals surface area contributed by atoms with Crippen LogP contribution >= 0.6 is 0 Å². The van der Waals surface area contributed by atoms with Gasteiger partial charge in [-0.2, -0.15) is 0 Å². The Morgan fingerprint density at radius 2 is 0.470 bits per heavy atom. The van der Waals surface area contributed by atoms with E-state index in [1.54, 1.807) is 0 Å². The van der Waals surface area contributed by atoms with Crippen molar-refractivity contribution in [3.63, 3.8) is 0 Å². The lowest BCUT2D eigenvalue weighted by molar-refractivity contribution is -0.167. The van der Waals surface area contributed by atoms with Crippen LogP contribution in [0.1, 0.15) is 303 Å². The number of hydrogen-bond acceptors (Lipinski definition) is 6. The second-order valence-corrected chi connectivity index (χ2v) is 22.3. The van der Waals surface area contributed by atoms with E-state index in [-0.39, 0.29) is 31.1 Å². The molecule has 0 fully saturated rings. The molecule has 0 amide bonds. The van der Waals surface area contributed by atoms with Crippen molar-refractivity contribution in [3.8, 4) is 0 Å². The molecule has 0 bridgehead atoms. The summed E-state index contributed by atoms with van der Waals surface area (Å²) in [6.07, 6.45) is 100. The van der Waals surface area contributed by atoms with Crippen molar-refractivity contribution in [1.82, 2.24) is 0 Å². The molecule has 0 aromatic rings. The second kappa shape index (κ2) is 69.8. The molecule has 0 aromatic carbocycles. The first-order valence-corrected chi connectivity index (χ1v) is 34.3. The molecule has 0 aliphatic rings. The lowest BCUT2D eigenvalue weighted by Gasteiger charge is -2.18. The average molecular weight is 1150 g/mol. The molecule has 6 heteroatoms. The highest BCUT2D eigenvalue weighted by atomic mass is 16.6. The van der Waals surface area contributed by atoms with Gasteiger partial charge in [-0.25, -0.2) is 0 Å². The molecule has 1 atom stereocenters. The van der Waals surface area contributed by atoms with E-state index in [2.05, 4.69) is 167 Å². The maximum atomic E-state index is 13.0. The Morgan fingerprint density at radius 3 is 0.783 bits per heavy atom. The lowest BCUT2D eigenvalue weighted by Crippen LogP contribution is -2.30. The van der Waals surface area contributed by atoms with Gasteiger partial charge in [0.1, 0.15) is 13.2 Å². The Morgan fingerprint density at radius 1 is 0.253 bits per heavy atom. The fraction of sp³-hybridized carbons (Fsp3) is 0.649. The van der Waals surface area contributed by atoms with Crippen LogP contribution in [0.5, 0.6) is 0 Å². The minimum absolute atomic E-state index is 0.113. The van der Waals surface area contributed by atoms with Gasteiger partial charge >= 0.3 is 17.9 Å². The third-order valence-electron chi connectivity index (χ3n) is 14.3. The molecule has 0 heterocycles. The van der Waals surface area contributed by atoms with Gasteiger partial charge < -0.3 is 14.2 Å². The van der Waals surface area contributed by atoms with Gasteiger partial charge in [-0.15, -0.1) is 0 Å². The van der Waals surface area contributed by atoms with Gasteiger partial charge in [0, 0.05) is 19.3 Å². The summed E-state index contributed by atoms with van der Waals surface area (Å²) >= 11 is 0. The summed E-state index contributed by atoms with van der Waals surface area (Å²) in [7, 11) is 0. The topological polar surface area (TPSA) is 78.9 Å². The summed E-state index contributed by atoms with van der Waals surface area (Å²) in [5.74, 6) is -0.981. The summed E-state index contributed by atoms with van der Waals surface area (Å²) in [4.78, 5) is 38.4. The van der Waals surface area contributed by atoms with E-state index in [1.165, 1.54) is 128 Å². The fourth-order valence-corrected chi connectivity index (χ4v) is 9.23. The van der Waals surface area contributed by atoms with Crippen molar-refractivity contribution < 1.29 is 28.6 Å². The molecule has 1 unspecified atom stereocenters. The molecule has 0 aliphatic heterocycles. The van der Waals surface area contributed by atoms with Crippen LogP contribution in [-0.2, 0) is 28.6 Å². The summed E-state index contributed by atoms with van der Waals surface area (Å²) in [5, 5.41) is 0. The highest BCUT2D eigenvalue weighted by Crippen LogP contribution is 2.16.